The molecule has 0 bridgehead atoms. The summed E-state index contributed by atoms with van der Waals surface area (Å²) in [5.41, 5.74) is 7.38. The number of hydrogen-bond donors (Lipinski definition) is 2. The van der Waals surface area contributed by atoms with Crippen molar-refractivity contribution in [3.63, 3.8) is 0 Å². The fraction of sp³-hybridized carbons (Fsp3) is 0.200. The van der Waals surface area contributed by atoms with Gasteiger partial charge in [-0.15, -0.1) is 0 Å². The van der Waals surface area contributed by atoms with Gasteiger partial charge in [0, 0.05) is 18.8 Å². The number of benzene rings is 2. The van der Waals surface area contributed by atoms with E-state index in [1.165, 1.54) is 0 Å². The minimum atomic E-state index is 0.242. The molecule has 0 amide bonds. The molecule has 0 spiro atoms. The average Bonchev–Trinajstić information content (AvgIpc) is 2.46. The van der Waals surface area contributed by atoms with Crippen molar-refractivity contribution in [2.45, 2.75) is 0 Å². The number of nitrogens with two attached hydrogens (primary N) is 1. The second-order valence-electron chi connectivity index (χ2n) is 4.13. The SMILES string of the molecule is COc1ccc(N(CCN)c2ccccc2O)cc1. The van der Waals surface area contributed by atoms with Crippen molar-refractivity contribution >= 4 is 11.4 Å². The standard InChI is InChI=1S/C15H18N2O2/c1-19-13-8-6-12(7-9-13)17(11-10-16)14-4-2-3-5-15(14)18/h2-9,18H,10-11,16H2,1H3. The third-order valence-corrected chi connectivity index (χ3v) is 2.91. The number of phenols is 1. The van der Waals surface area contributed by atoms with Crippen LogP contribution in [-0.4, -0.2) is 25.3 Å². The molecule has 0 saturated carbocycles. The Morgan fingerprint density at radius 3 is 2.37 bits per heavy atom. The normalized spacial score (nSPS) is 10.2. The van der Waals surface area contributed by atoms with Crippen molar-refractivity contribution in [1.29, 1.82) is 0 Å². The predicted octanol–water partition coefficient (Wildman–Crippen LogP) is 2.50. The number of methoxy groups -OCH3 is 1. The smallest absolute Gasteiger partial charge is 0.139 e. The molecule has 0 unspecified atom stereocenters. The zero-order valence-corrected chi connectivity index (χ0v) is 10.9. The molecular weight excluding hydrogens is 240 g/mol. The van der Waals surface area contributed by atoms with Gasteiger partial charge in [0.2, 0.25) is 0 Å². The lowest BCUT2D eigenvalue weighted by atomic mass is 10.2. The van der Waals surface area contributed by atoms with Crippen LogP contribution in [0, 0.1) is 0 Å². The summed E-state index contributed by atoms with van der Waals surface area (Å²) in [6.45, 7) is 1.13. The van der Waals surface area contributed by atoms with Gasteiger partial charge in [-0.2, -0.15) is 0 Å². The first-order valence-corrected chi connectivity index (χ1v) is 6.16. The van der Waals surface area contributed by atoms with Crippen molar-refractivity contribution in [1.82, 2.24) is 0 Å². The van der Waals surface area contributed by atoms with E-state index in [1.807, 2.05) is 41.3 Å². The highest BCUT2D eigenvalue weighted by molar-refractivity contribution is 5.69. The highest BCUT2D eigenvalue weighted by Gasteiger charge is 2.12. The van der Waals surface area contributed by atoms with Gasteiger partial charge < -0.3 is 20.5 Å². The molecule has 2 aromatic rings. The molecule has 0 heterocycles. The number of rotatable bonds is 5. The van der Waals surface area contributed by atoms with Crippen LogP contribution in [0.1, 0.15) is 0 Å². The van der Waals surface area contributed by atoms with Crippen LogP contribution in [-0.2, 0) is 0 Å². The molecule has 2 aromatic carbocycles. The number of hydrogen-bond acceptors (Lipinski definition) is 4. The predicted molar refractivity (Wildman–Crippen MR) is 77.2 cm³/mol. The van der Waals surface area contributed by atoms with Gasteiger partial charge in [-0.3, -0.25) is 0 Å². The van der Waals surface area contributed by atoms with Crippen LogP contribution in [0.2, 0.25) is 0 Å². The number of anilines is 2. The minimum absolute atomic E-state index is 0.242. The largest absolute Gasteiger partial charge is 0.506 e. The lowest BCUT2D eigenvalue weighted by Gasteiger charge is -2.25. The molecule has 0 radical (unpaired) electrons. The van der Waals surface area contributed by atoms with E-state index in [-0.39, 0.29) is 5.75 Å². The summed E-state index contributed by atoms with van der Waals surface area (Å²) in [5, 5.41) is 9.96. The van der Waals surface area contributed by atoms with Crippen LogP contribution < -0.4 is 15.4 Å². The number of para-hydroxylation sites is 2. The Bertz CT molecular complexity index is 526. The van der Waals surface area contributed by atoms with E-state index in [1.54, 1.807) is 19.2 Å². The van der Waals surface area contributed by atoms with E-state index < -0.39 is 0 Å². The second kappa shape index (κ2) is 6.11. The molecule has 4 heteroatoms. The van der Waals surface area contributed by atoms with Gasteiger partial charge in [-0.05, 0) is 36.4 Å². The molecule has 0 aliphatic heterocycles. The molecule has 0 atom stereocenters. The Kier molecular flexibility index (Phi) is 4.26. The van der Waals surface area contributed by atoms with E-state index in [0.717, 1.165) is 17.1 Å². The Morgan fingerprint density at radius 1 is 1.11 bits per heavy atom. The second-order valence-corrected chi connectivity index (χ2v) is 4.13. The minimum Gasteiger partial charge on any atom is -0.506 e. The number of phenolic OH excluding ortho intramolecular Hbond substituents is 1. The van der Waals surface area contributed by atoms with Gasteiger partial charge in [-0.25, -0.2) is 0 Å². The summed E-state index contributed by atoms with van der Waals surface area (Å²) >= 11 is 0. The van der Waals surface area contributed by atoms with Gasteiger partial charge >= 0.3 is 0 Å². The first-order valence-electron chi connectivity index (χ1n) is 6.16. The van der Waals surface area contributed by atoms with E-state index in [0.29, 0.717) is 13.1 Å². The topological polar surface area (TPSA) is 58.7 Å². The molecule has 0 aromatic heterocycles. The summed E-state index contributed by atoms with van der Waals surface area (Å²) in [6, 6.07) is 14.9. The van der Waals surface area contributed by atoms with Gasteiger partial charge in [-0.1, -0.05) is 12.1 Å². The first-order chi connectivity index (χ1) is 9.26. The van der Waals surface area contributed by atoms with Crippen molar-refractivity contribution in [2.75, 3.05) is 25.1 Å². The molecule has 0 aliphatic rings. The van der Waals surface area contributed by atoms with Crippen LogP contribution in [0.5, 0.6) is 11.5 Å². The summed E-state index contributed by atoms with van der Waals surface area (Å²) in [5.74, 6) is 1.04. The van der Waals surface area contributed by atoms with Gasteiger partial charge in [0.25, 0.3) is 0 Å². The van der Waals surface area contributed by atoms with Crippen molar-refractivity contribution in [2.24, 2.45) is 5.73 Å². The van der Waals surface area contributed by atoms with Crippen LogP contribution >= 0.6 is 0 Å². The molecule has 4 nitrogen and oxygen atoms in total. The maximum absolute atomic E-state index is 9.96. The number of aromatic hydroxyl groups is 1. The van der Waals surface area contributed by atoms with Gasteiger partial charge in [0.15, 0.2) is 0 Å². The van der Waals surface area contributed by atoms with E-state index in [4.69, 9.17) is 10.5 Å². The summed E-state index contributed by atoms with van der Waals surface area (Å²) in [4.78, 5) is 1.98. The fourth-order valence-electron chi connectivity index (χ4n) is 1.97. The summed E-state index contributed by atoms with van der Waals surface area (Å²) in [7, 11) is 1.63. The Hall–Kier alpha value is -2.20. The lowest BCUT2D eigenvalue weighted by molar-refractivity contribution is 0.415. The molecule has 2 rings (SSSR count). The maximum atomic E-state index is 9.96. The Morgan fingerprint density at radius 2 is 1.79 bits per heavy atom. The van der Waals surface area contributed by atoms with Gasteiger partial charge in [0.1, 0.15) is 11.5 Å². The molecular formula is C15H18N2O2. The van der Waals surface area contributed by atoms with Crippen LogP contribution in [0.25, 0.3) is 0 Å². The third-order valence-electron chi connectivity index (χ3n) is 2.91. The zero-order valence-electron chi connectivity index (χ0n) is 10.9. The zero-order chi connectivity index (χ0) is 13.7. The quantitative estimate of drug-likeness (QED) is 0.865. The molecule has 0 fully saturated rings. The van der Waals surface area contributed by atoms with E-state index in [9.17, 15) is 5.11 Å². The highest BCUT2D eigenvalue weighted by atomic mass is 16.5. The lowest BCUT2D eigenvalue weighted by Crippen LogP contribution is -2.24. The Labute approximate surface area is 113 Å². The van der Waals surface area contributed by atoms with Gasteiger partial charge in [0.05, 0.1) is 12.8 Å². The molecule has 100 valence electrons. The highest BCUT2D eigenvalue weighted by Crippen LogP contribution is 2.33. The van der Waals surface area contributed by atoms with Crippen LogP contribution in [0.4, 0.5) is 11.4 Å². The van der Waals surface area contributed by atoms with Crippen molar-refractivity contribution in [3.05, 3.63) is 48.5 Å². The van der Waals surface area contributed by atoms with Crippen molar-refractivity contribution in [3.8, 4) is 11.5 Å². The van der Waals surface area contributed by atoms with Crippen LogP contribution in [0.15, 0.2) is 48.5 Å². The molecule has 0 saturated heterocycles. The molecule has 19 heavy (non-hydrogen) atoms. The van der Waals surface area contributed by atoms with Crippen molar-refractivity contribution < 1.29 is 9.84 Å². The number of ether oxygens (including phenoxy) is 1. The third kappa shape index (κ3) is 2.98. The van der Waals surface area contributed by atoms with E-state index in [2.05, 4.69) is 0 Å². The van der Waals surface area contributed by atoms with E-state index >= 15 is 0 Å². The Balaban J connectivity index is 2.36. The number of nitrogens with zero attached hydrogens (tertiary/aromatic N) is 1. The maximum Gasteiger partial charge on any atom is 0.139 e. The average molecular weight is 258 g/mol. The summed E-state index contributed by atoms with van der Waals surface area (Å²) < 4.78 is 5.15. The summed E-state index contributed by atoms with van der Waals surface area (Å²) in [6.07, 6.45) is 0. The molecule has 0 aliphatic carbocycles. The first kappa shape index (κ1) is 13.2. The monoisotopic (exact) mass is 258 g/mol. The van der Waals surface area contributed by atoms with Crippen LogP contribution in [0.3, 0.4) is 0 Å². The molecule has 3 N–H and O–H groups in total. The fourth-order valence-corrected chi connectivity index (χ4v) is 1.97.